The molecule has 2 bridgehead atoms. The molecule has 22 heavy (non-hydrogen) atoms. The minimum atomic E-state index is -2.68. The number of nitrogens with zero attached hydrogens (tertiary/aromatic N) is 1. The third-order valence-corrected chi connectivity index (χ3v) is 5.17. The van der Waals surface area contributed by atoms with Crippen LogP contribution in [-0.2, 0) is 11.8 Å². The molecule has 2 unspecified atom stereocenters. The van der Waals surface area contributed by atoms with Crippen LogP contribution in [0.5, 0.6) is 11.5 Å². The van der Waals surface area contributed by atoms with Gasteiger partial charge in [0.05, 0.1) is 11.2 Å². The van der Waals surface area contributed by atoms with Crippen LogP contribution >= 0.6 is 0 Å². The number of piperidine rings is 1. The lowest BCUT2D eigenvalue weighted by molar-refractivity contribution is -0.0453. The second-order valence-electron chi connectivity index (χ2n) is 6.06. The van der Waals surface area contributed by atoms with E-state index in [0.29, 0.717) is 5.56 Å². The van der Waals surface area contributed by atoms with Gasteiger partial charge >= 0.3 is 0 Å². The fourth-order valence-electron chi connectivity index (χ4n) is 4.27. The summed E-state index contributed by atoms with van der Waals surface area (Å²) in [7, 11) is 1.31. The van der Waals surface area contributed by atoms with Gasteiger partial charge in [0.15, 0.2) is 11.5 Å². The second-order valence-corrected chi connectivity index (χ2v) is 6.06. The van der Waals surface area contributed by atoms with Gasteiger partial charge in [-0.15, -0.1) is 0 Å². The molecular weight excluding hydrogens is 278 g/mol. The topological polar surface area (TPSA) is 41.9 Å². The number of methoxy groups -OCH3 is 1. The normalized spacial score (nSPS) is 57.5. The predicted octanol–water partition coefficient (Wildman–Crippen LogP) is 1.50. The molecule has 5 atom stereocenters. The summed E-state index contributed by atoms with van der Waals surface area (Å²) in [6.45, 7) is -2.79. The molecule has 1 N–H and O–H groups in total. The first kappa shape index (κ1) is 6.93. The van der Waals surface area contributed by atoms with Gasteiger partial charge in [0.1, 0.15) is 12.2 Å². The highest BCUT2D eigenvalue weighted by Gasteiger charge is 2.64. The molecule has 0 radical (unpaired) electrons. The molecule has 116 valence electrons. The number of benzene rings is 1. The smallest absolute Gasteiger partial charge is 0.211 e. The van der Waals surface area contributed by atoms with Crippen LogP contribution in [0.3, 0.4) is 0 Å². The van der Waals surface area contributed by atoms with E-state index in [4.69, 9.17) is 22.9 Å². The van der Waals surface area contributed by atoms with Crippen molar-refractivity contribution in [3.05, 3.63) is 35.4 Å². The van der Waals surface area contributed by atoms with E-state index in [9.17, 15) is 4.11 Å². The third-order valence-electron chi connectivity index (χ3n) is 5.17. The maximum Gasteiger partial charge on any atom is 0.211 e. The van der Waals surface area contributed by atoms with Crippen LogP contribution in [0.4, 0.5) is 0 Å². The van der Waals surface area contributed by atoms with Gasteiger partial charge < -0.3 is 19.5 Å². The lowest BCUT2D eigenvalue weighted by Crippen LogP contribution is -2.64. The van der Waals surface area contributed by atoms with E-state index in [1.165, 1.54) is 19.3 Å². The number of aliphatic hydroxyl groups excluding tert-OH is 1. The predicted molar refractivity (Wildman–Crippen MR) is 82.5 cm³/mol. The number of likely N-dealkylation sites (tertiary alicyclic amines) is 1. The summed E-state index contributed by atoms with van der Waals surface area (Å²) in [5.74, 6) is -1.97. The quantitative estimate of drug-likeness (QED) is 0.841. The molecule has 4 heteroatoms. The Hall–Kier alpha value is -1.52. The summed E-state index contributed by atoms with van der Waals surface area (Å²) in [6, 6.07) is -2.61. The molecule has 0 saturated carbocycles. The Labute approximate surface area is 143 Å². The molecule has 1 aromatic rings. The average molecular weight is 308 g/mol. The lowest BCUT2D eigenvalue weighted by Gasteiger charge is -2.56. The highest BCUT2D eigenvalue weighted by Crippen LogP contribution is 2.62. The minimum Gasteiger partial charge on any atom is -0.493 e. The first-order valence-corrected chi connectivity index (χ1v) is 7.32. The van der Waals surface area contributed by atoms with Gasteiger partial charge in [0, 0.05) is 29.7 Å². The van der Waals surface area contributed by atoms with E-state index in [1.54, 1.807) is 0 Å². The van der Waals surface area contributed by atoms with Crippen molar-refractivity contribution >= 4 is 0 Å². The van der Waals surface area contributed by atoms with E-state index >= 15 is 0 Å². The van der Waals surface area contributed by atoms with Crippen LogP contribution in [0.15, 0.2) is 24.2 Å². The largest absolute Gasteiger partial charge is 0.493 e. The Morgan fingerprint density at radius 2 is 2.55 bits per heavy atom. The van der Waals surface area contributed by atoms with Crippen molar-refractivity contribution in [1.29, 1.82) is 1.43 Å². The Morgan fingerprint density at radius 1 is 1.59 bits per heavy atom. The lowest BCUT2D eigenvalue weighted by atomic mass is 9.53. The number of aliphatic hydroxyl groups is 1. The van der Waals surface area contributed by atoms with Crippen LogP contribution in [0.25, 0.3) is 0 Å². The second kappa shape index (κ2) is 4.06. The van der Waals surface area contributed by atoms with Crippen molar-refractivity contribution < 1.29 is 25.5 Å². The summed E-state index contributed by atoms with van der Waals surface area (Å²) in [5.41, 5.74) is -1.06. The van der Waals surface area contributed by atoms with Gasteiger partial charge in [-0.05, 0) is 38.0 Å². The van der Waals surface area contributed by atoms with E-state index in [-0.39, 0.29) is 48.5 Å². The van der Waals surface area contributed by atoms with E-state index < -0.39 is 36.5 Å². The summed E-state index contributed by atoms with van der Waals surface area (Å²) in [5, 5.41) is 4.79. The molecule has 1 fully saturated rings. The van der Waals surface area contributed by atoms with E-state index in [1.807, 2.05) is 0 Å². The molecule has 4 nitrogen and oxygen atoms in total. The first-order chi connectivity index (χ1) is 14.3. The Balaban J connectivity index is 1.94. The number of likely N-dealkylation sites (N-methyl/N-ethyl adjacent to an activating group) is 1. The van der Waals surface area contributed by atoms with Gasteiger partial charge in [-0.1, -0.05) is 18.2 Å². The van der Waals surface area contributed by atoms with Gasteiger partial charge in [-0.3, -0.25) is 0 Å². The van der Waals surface area contributed by atoms with Gasteiger partial charge in [-0.25, -0.2) is 0 Å². The molecule has 2 heterocycles. The van der Waals surface area contributed by atoms with E-state index in [0.717, 1.165) is 4.90 Å². The molecule has 1 spiro atoms. The van der Waals surface area contributed by atoms with Crippen molar-refractivity contribution in [2.75, 3.05) is 20.6 Å². The van der Waals surface area contributed by atoms with Crippen molar-refractivity contribution in [2.45, 2.75) is 36.5 Å². The van der Waals surface area contributed by atoms with Crippen molar-refractivity contribution in [3.8, 4) is 11.5 Å². The highest BCUT2D eigenvalue weighted by atomic mass is 16.5. The monoisotopic (exact) mass is 308 g/mol. The Bertz CT molecular complexity index is 1030. The van der Waals surface area contributed by atoms with Crippen molar-refractivity contribution in [2.24, 2.45) is 5.89 Å². The maximum atomic E-state index is 9.50. The molecule has 1 aromatic carbocycles. The molecule has 0 amide bonds. The third kappa shape index (κ3) is 1.28. The molecule has 5 rings (SSSR count). The first-order valence-electron chi connectivity index (χ1n) is 11.7. The average Bonchev–Trinajstić information content (AvgIpc) is 2.93. The number of hydrogen-bond acceptors (Lipinski definition) is 4. The number of hydrogen-bond donors (Lipinski definition) is 1. The molecule has 1 saturated heterocycles. The summed E-state index contributed by atoms with van der Waals surface area (Å²) >= 11 is 0. The van der Waals surface area contributed by atoms with Crippen LogP contribution in [0.2, 0.25) is 0 Å². The van der Waals surface area contributed by atoms with E-state index in [2.05, 4.69) is 0 Å². The highest BCUT2D eigenvalue weighted by molar-refractivity contribution is 5.62. The van der Waals surface area contributed by atoms with Gasteiger partial charge in [0.25, 0.3) is 0 Å². The fraction of sp³-hybridized carbons (Fsp3) is 0.556. The van der Waals surface area contributed by atoms with Crippen LogP contribution in [0, 0.1) is 5.89 Å². The van der Waals surface area contributed by atoms with Crippen molar-refractivity contribution in [3.63, 3.8) is 0 Å². The summed E-state index contributed by atoms with van der Waals surface area (Å²) < 4.78 is 87.9. The summed E-state index contributed by atoms with van der Waals surface area (Å²) in [6.07, 6.45) is -0.989. The Kier molecular flexibility index (Phi) is 1.28. The molecule has 2 aliphatic carbocycles. The Morgan fingerprint density at radius 3 is 3.36 bits per heavy atom. The van der Waals surface area contributed by atoms with Crippen LogP contribution in [-0.4, -0.2) is 50.3 Å². The molecule has 2 aliphatic heterocycles. The van der Waals surface area contributed by atoms with Crippen molar-refractivity contribution in [1.82, 2.24) is 4.90 Å². The van der Waals surface area contributed by atoms with Gasteiger partial charge in [-0.2, -0.15) is 0 Å². The van der Waals surface area contributed by atoms with Gasteiger partial charge in [0.2, 0.25) is 1.43 Å². The standard InChI is InChI=1S/C18H21NO3/c1-19-8-7-18-11-4-5-13(20)17(18)22-16-14(21-2)6-3-10(15(16)18)9-12(11)19/h3-6,11-13,17,20H,7-9H2,1-2H3/t11-,12+,13?,17?,18-/m0/s1/i1D3,3D,6D,11D,12D,17D,20D. The SMILES string of the molecule is [2H]OC1C=C[C@@]2([2H])[C@@]3([2H])Cc4c([2H])c([2H])c(OC)c5c4[C@@]2(CCN3C([2H])([2H])[2H])C1([2H])O5. The number of ether oxygens (including phenoxy) is 2. The zero-order chi connectivity index (χ0) is 22.8. The maximum absolute atomic E-state index is 9.50. The molecular formula is C18H21NO3. The van der Waals surface area contributed by atoms with Crippen LogP contribution < -0.4 is 9.47 Å². The minimum absolute atomic E-state index is 0.0385. The summed E-state index contributed by atoms with van der Waals surface area (Å²) in [4.78, 5) is 0.971. The zero-order valence-electron chi connectivity index (χ0n) is 21.0. The number of rotatable bonds is 2. The van der Waals surface area contributed by atoms with Crippen LogP contribution in [0.1, 0.15) is 28.5 Å². The molecule has 0 aromatic heterocycles. The zero-order valence-corrected chi connectivity index (χ0v) is 12.0. The fourth-order valence-corrected chi connectivity index (χ4v) is 4.27. The molecule has 4 aliphatic rings.